The van der Waals surface area contributed by atoms with Crippen LogP contribution in [0.3, 0.4) is 0 Å². The van der Waals surface area contributed by atoms with Gasteiger partial charge in [-0.25, -0.2) is 9.97 Å². The molecule has 0 saturated carbocycles. The fourth-order valence-electron chi connectivity index (χ4n) is 7.49. The van der Waals surface area contributed by atoms with Crippen molar-refractivity contribution < 1.29 is 45.8 Å². The highest BCUT2D eigenvalue weighted by molar-refractivity contribution is 6.00. The van der Waals surface area contributed by atoms with E-state index in [0.717, 1.165) is 23.3 Å². The number of nitriles is 2. The summed E-state index contributed by atoms with van der Waals surface area (Å²) in [6, 6.07) is 17.7. The third kappa shape index (κ3) is 10.0. The van der Waals surface area contributed by atoms with Crippen LogP contribution in [0.15, 0.2) is 60.7 Å². The number of pyridine rings is 2. The highest BCUT2D eigenvalue weighted by Crippen LogP contribution is 2.40. The number of β-amino-alcohol motifs (C(OH)–C–C–N with tert-alkyl or cyclic N) is 1. The molecule has 1 N–H and O–H groups in total. The molecule has 4 heterocycles. The predicted octanol–water partition coefficient (Wildman–Crippen LogP) is 7.04. The number of hydrogen-bond acceptors (Lipinski definition) is 10. The summed E-state index contributed by atoms with van der Waals surface area (Å²) in [5, 5.41) is 29.2. The van der Waals surface area contributed by atoms with Crippen LogP contribution in [0, 0.1) is 50.4 Å². The summed E-state index contributed by atoms with van der Waals surface area (Å²) in [6.07, 6.45) is -10.5. The van der Waals surface area contributed by atoms with Crippen LogP contribution in [0.2, 0.25) is 0 Å². The van der Waals surface area contributed by atoms with Crippen LogP contribution in [0.25, 0.3) is 0 Å². The molecule has 2 amide bonds. The molecule has 6 rings (SSSR count). The van der Waals surface area contributed by atoms with Crippen molar-refractivity contribution in [2.75, 3.05) is 53.9 Å². The molecule has 0 aliphatic carbocycles. The van der Waals surface area contributed by atoms with Crippen molar-refractivity contribution in [2.45, 2.75) is 77.2 Å². The van der Waals surface area contributed by atoms with E-state index in [2.05, 4.69) is 9.97 Å². The minimum absolute atomic E-state index is 0.0246. The van der Waals surface area contributed by atoms with Gasteiger partial charge in [0.15, 0.2) is 0 Å². The summed E-state index contributed by atoms with van der Waals surface area (Å²) in [5.74, 6) is -1.11. The molecule has 2 fully saturated rings. The number of aliphatic hydroxyl groups excluding tert-OH is 1. The molecule has 0 bridgehead atoms. The fraction of sp³-hybridized carbons (Fsp3) is 0.395. The Bertz CT molecular complexity index is 2380. The van der Waals surface area contributed by atoms with Gasteiger partial charge in [0, 0.05) is 69.9 Å². The van der Waals surface area contributed by atoms with Crippen molar-refractivity contribution in [2.24, 2.45) is 0 Å². The van der Waals surface area contributed by atoms with E-state index in [1.807, 2.05) is 38.1 Å². The van der Waals surface area contributed by atoms with Crippen molar-refractivity contribution in [3.05, 3.63) is 105 Å². The first-order valence-corrected chi connectivity index (χ1v) is 19.0. The van der Waals surface area contributed by atoms with Crippen LogP contribution in [0.1, 0.15) is 57.6 Å². The van der Waals surface area contributed by atoms with Gasteiger partial charge in [0.1, 0.15) is 47.0 Å². The quantitative estimate of drug-likeness (QED) is 0.192. The molecule has 4 atom stereocenters. The number of carbonyl (C=O) groups excluding carboxylic acids is 2. The Balaban J connectivity index is 0.000000231. The van der Waals surface area contributed by atoms with Gasteiger partial charge in [-0.2, -0.15) is 36.9 Å². The minimum Gasteiger partial charge on any atom is -0.391 e. The molecule has 2 aliphatic heterocycles. The molecular formula is C43H44F6N8O4. The smallest absolute Gasteiger partial charge is 0.391 e. The topological polar surface area (TPSA) is 150 Å². The lowest BCUT2D eigenvalue weighted by Gasteiger charge is -2.30. The van der Waals surface area contributed by atoms with Crippen LogP contribution >= 0.6 is 0 Å². The second-order valence-corrected chi connectivity index (χ2v) is 15.0. The van der Waals surface area contributed by atoms with Gasteiger partial charge in [-0.05, 0) is 75.2 Å². The van der Waals surface area contributed by atoms with E-state index in [1.165, 1.54) is 40.6 Å². The first-order chi connectivity index (χ1) is 28.6. The zero-order chi connectivity index (χ0) is 45.1. The number of alkyl halides is 6. The largest absolute Gasteiger partial charge is 0.417 e. The number of ether oxygens (including phenoxy) is 1. The third-order valence-corrected chi connectivity index (χ3v) is 10.5. The van der Waals surface area contributed by atoms with Gasteiger partial charge in [-0.1, -0.05) is 24.3 Å². The van der Waals surface area contributed by atoms with Crippen molar-refractivity contribution in [1.29, 1.82) is 10.5 Å². The second-order valence-electron chi connectivity index (χ2n) is 15.0. The molecule has 12 nitrogen and oxygen atoms in total. The fourth-order valence-corrected chi connectivity index (χ4v) is 7.49. The van der Waals surface area contributed by atoms with Crippen molar-refractivity contribution in [3.63, 3.8) is 0 Å². The monoisotopic (exact) mass is 850 g/mol. The van der Waals surface area contributed by atoms with Gasteiger partial charge in [0.25, 0.3) is 0 Å². The summed E-state index contributed by atoms with van der Waals surface area (Å²) in [4.78, 5) is 40.6. The number of methoxy groups -OCH3 is 1. The number of carbonyl (C=O) groups is 2. The molecule has 2 aliphatic rings. The van der Waals surface area contributed by atoms with Gasteiger partial charge < -0.3 is 29.4 Å². The average Bonchev–Trinajstić information content (AvgIpc) is 3.82. The van der Waals surface area contributed by atoms with Crippen LogP contribution < -0.4 is 19.6 Å². The number of aromatic nitrogens is 2. The zero-order valence-electron chi connectivity index (χ0n) is 34.4. The number of aliphatic hydroxyl groups is 1. The number of anilines is 4. The lowest BCUT2D eigenvalue weighted by Crippen LogP contribution is -2.45. The Morgan fingerprint density at radius 1 is 0.721 bits per heavy atom. The van der Waals surface area contributed by atoms with Crippen molar-refractivity contribution in [3.8, 4) is 12.1 Å². The zero-order valence-corrected chi connectivity index (χ0v) is 34.4. The number of halogens is 6. The third-order valence-electron chi connectivity index (χ3n) is 10.5. The van der Waals surface area contributed by atoms with E-state index in [1.54, 1.807) is 50.5 Å². The van der Waals surface area contributed by atoms with Crippen LogP contribution in [0.5, 0.6) is 0 Å². The molecule has 2 saturated heterocycles. The standard InChI is InChI=1S/C22H23F3N4O2.C21H21F3N4O2/c1-13-6-5-7-15(8-13)28(3)21(30)19-10-16(31-4)12-29(19)20-17(11-26)18(22(23,24)25)9-14(2)27-20;1-12-5-4-6-14(7-12)27(3)20(30)18-9-15(29)11-28(18)19-16(10-25)17(21(22,23)24)8-13(2)26-19/h5-9,16,19H,10,12H2,1-4H3;4-8,15,18,29H,9,11H2,1-3H3/t16-,19-;15-,18-/m00/s1. The highest BCUT2D eigenvalue weighted by atomic mass is 19.4. The molecular weight excluding hydrogens is 807 g/mol. The molecule has 0 radical (unpaired) electrons. The summed E-state index contributed by atoms with van der Waals surface area (Å²) < 4.78 is 86.6. The molecule has 2 aromatic heterocycles. The lowest BCUT2D eigenvalue weighted by atomic mass is 10.1. The Hall–Kier alpha value is -6.24. The van der Waals surface area contributed by atoms with Crippen molar-refractivity contribution in [1.82, 2.24) is 9.97 Å². The maximum absolute atomic E-state index is 13.6. The van der Waals surface area contributed by atoms with Crippen LogP contribution in [-0.2, 0) is 26.7 Å². The molecule has 322 valence electrons. The van der Waals surface area contributed by atoms with Crippen molar-refractivity contribution >= 4 is 34.8 Å². The van der Waals surface area contributed by atoms with E-state index >= 15 is 0 Å². The summed E-state index contributed by atoms with van der Waals surface area (Å²) in [6.45, 7) is 6.65. The number of benzene rings is 2. The lowest BCUT2D eigenvalue weighted by molar-refractivity contribution is -0.138. The Kier molecular flexibility index (Phi) is 13.7. The number of aryl methyl sites for hydroxylation is 4. The predicted molar refractivity (Wildman–Crippen MR) is 215 cm³/mol. The van der Waals surface area contributed by atoms with Gasteiger partial charge in [-0.3, -0.25) is 9.59 Å². The van der Waals surface area contributed by atoms with Gasteiger partial charge in [0.2, 0.25) is 11.8 Å². The molecule has 0 unspecified atom stereocenters. The molecule has 4 aromatic rings. The van der Waals surface area contributed by atoms with Crippen LogP contribution in [-0.4, -0.2) is 85.5 Å². The van der Waals surface area contributed by atoms with E-state index in [4.69, 9.17) is 4.74 Å². The summed E-state index contributed by atoms with van der Waals surface area (Å²) in [7, 11) is 4.66. The molecule has 18 heteroatoms. The second kappa shape index (κ2) is 18.2. The van der Waals surface area contributed by atoms with Gasteiger partial charge in [-0.15, -0.1) is 0 Å². The maximum atomic E-state index is 13.6. The molecule has 0 spiro atoms. The van der Waals surface area contributed by atoms with E-state index in [0.29, 0.717) is 11.4 Å². The summed E-state index contributed by atoms with van der Waals surface area (Å²) in [5.41, 5.74) is -0.0340. The number of rotatable bonds is 7. The number of nitrogens with zero attached hydrogens (tertiary/aromatic N) is 8. The van der Waals surface area contributed by atoms with Crippen LogP contribution in [0.4, 0.5) is 49.4 Å². The Morgan fingerprint density at radius 2 is 1.13 bits per heavy atom. The normalized spacial score (nSPS) is 18.8. The number of hydrogen-bond donors (Lipinski definition) is 1. The highest BCUT2D eigenvalue weighted by Gasteiger charge is 2.45. The minimum atomic E-state index is -4.75. The number of likely N-dealkylation sites (N-methyl/N-ethyl adjacent to an activating group) is 2. The van der Waals surface area contributed by atoms with E-state index in [-0.39, 0.29) is 61.0 Å². The molecule has 61 heavy (non-hydrogen) atoms. The maximum Gasteiger partial charge on any atom is 0.417 e. The van der Waals surface area contributed by atoms with Gasteiger partial charge in [0.05, 0.1) is 23.3 Å². The van der Waals surface area contributed by atoms with E-state index in [9.17, 15) is 51.6 Å². The number of amides is 2. The van der Waals surface area contributed by atoms with E-state index < -0.39 is 58.7 Å². The summed E-state index contributed by atoms with van der Waals surface area (Å²) >= 11 is 0. The van der Waals surface area contributed by atoms with Gasteiger partial charge >= 0.3 is 12.4 Å². The SMILES string of the molecule is CO[C@H]1C[C@@H](C(=O)N(C)c2cccc(C)c2)N(c2nc(C)cc(C(F)(F)F)c2C#N)C1.Cc1cccc(N(C)C(=O)[C@@H]2C[C@H](O)CN2c2nc(C)cc(C(F)(F)F)c2C#N)c1. The average molecular weight is 851 g/mol. The first kappa shape index (κ1) is 45.8. The first-order valence-electron chi connectivity index (χ1n) is 19.0. The molecule has 2 aromatic carbocycles. The Morgan fingerprint density at radius 3 is 1.51 bits per heavy atom. The Labute approximate surface area is 349 Å².